The predicted octanol–water partition coefficient (Wildman–Crippen LogP) is 1.32. The summed E-state index contributed by atoms with van der Waals surface area (Å²) in [5, 5.41) is 0. The van der Waals surface area contributed by atoms with E-state index in [4.69, 9.17) is 9.47 Å². The minimum absolute atomic E-state index is 0. The van der Waals surface area contributed by atoms with Crippen molar-refractivity contribution < 1.29 is 45.3 Å². The van der Waals surface area contributed by atoms with Crippen LogP contribution in [0, 0.1) is 0 Å². The number of unbranched alkanes of at least 4 members (excludes halogenated alkanes) is 1. The molecule has 0 unspecified atom stereocenters. The van der Waals surface area contributed by atoms with Gasteiger partial charge in [-0.2, -0.15) is 0 Å². The van der Waals surface area contributed by atoms with Gasteiger partial charge in [-0.15, -0.1) is 0 Å². The molecular formula is C10H18O4Zr. The van der Waals surface area contributed by atoms with E-state index in [2.05, 4.69) is 6.92 Å². The normalized spacial score (nSPS) is 9.20. The molecule has 0 atom stereocenters. The molecule has 0 aliphatic heterocycles. The van der Waals surface area contributed by atoms with Crippen molar-refractivity contribution in [2.75, 3.05) is 19.8 Å². The van der Waals surface area contributed by atoms with Crippen molar-refractivity contribution in [3.05, 3.63) is 0 Å². The molecule has 0 fully saturated rings. The Morgan fingerprint density at radius 2 is 1.80 bits per heavy atom. The third-order valence-electron chi connectivity index (χ3n) is 1.53. The Bertz CT molecular complexity index is 182. The molecule has 5 heteroatoms. The third-order valence-corrected chi connectivity index (χ3v) is 1.53. The molecule has 0 saturated carbocycles. The van der Waals surface area contributed by atoms with Crippen molar-refractivity contribution in [2.45, 2.75) is 33.1 Å². The monoisotopic (exact) mass is 292 g/mol. The fraction of sp³-hybridized carbons (Fsp3) is 0.800. The van der Waals surface area contributed by atoms with Crippen molar-refractivity contribution in [1.82, 2.24) is 0 Å². The molecule has 4 nitrogen and oxygen atoms in total. The van der Waals surface area contributed by atoms with Crippen LogP contribution in [0.15, 0.2) is 0 Å². The van der Waals surface area contributed by atoms with E-state index in [1.165, 1.54) is 6.92 Å². The Kier molecular flexibility index (Phi) is 14.0. The van der Waals surface area contributed by atoms with Crippen LogP contribution in [0.5, 0.6) is 0 Å². The molecule has 0 aliphatic rings. The summed E-state index contributed by atoms with van der Waals surface area (Å²) in [5.74, 6) is -0.654. The third kappa shape index (κ3) is 14.0. The summed E-state index contributed by atoms with van der Waals surface area (Å²) < 4.78 is 9.92. The van der Waals surface area contributed by atoms with E-state index in [1.54, 1.807) is 0 Å². The first kappa shape index (κ1) is 17.4. The quantitative estimate of drug-likeness (QED) is 0.385. The number of ketones is 1. The molecule has 0 spiro atoms. The van der Waals surface area contributed by atoms with Gasteiger partial charge in [0, 0.05) is 32.8 Å². The van der Waals surface area contributed by atoms with Gasteiger partial charge >= 0.3 is 5.97 Å². The summed E-state index contributed by atoms with van der Waals surface area (Å²) >= 11 is 0. The van der Waals surface area contributed by atoms with Crippen molar-refractivity contribution in [2.24, 2.45) is 0 Å². The molecule has 0 bridgehead atoms. The average molecular weight is 293 g/mol. The van der Waals surface area contributed by atoms with Crippen molar-refractivity contribution >= 4 is 11.8 Å². The first-order valence-corrected chi connectivity index (χ1v) is 4.89. The summed E-state index contributed by atoms with van der Waals surface area (Å²) in [7, 11) is 0. The van der Waals surface area contributed by atoms with Gasteiger partial charge < -0.3 is 9.47 Å². The van der Waals surface area contributed by atoms with E-state index in [0.29, 0.717) is 13.2 Å². The zero-order chi connectivity index (χ0) is 10.8. The molecule has 0 aromatic heterocycles. The van der Waals surface area contributed by atoms with Gasteiger partial charge in [0.1, 0.15) is 18.8 Å². The van der Waals surface area contributed by atoms with Gasteiger partial charge in [-0.1, -0.05) is 13.3 Å². The molecule has 15 heavy (non-hydrogen) atoms. The van der Waals surface area contributed by atoms with Crippen LogP contribution in [0.4, 0.5) is 0 Å². The molecule has 0 radical (unpaired) electrons. The van der Waals surface area contributed by atoms with Gasteiger partial charge in [0.15, 0.2) is 0 Å². The first-order chi connectivity index (χ1) is 6.66. The Hall–Kier alpha value is -0.0169. The standard InChI is InChI=1S/C10H18O4.Zr/c1-3-4-5-13-6-7-14-10(12)8-9(2)11;/h3-8H2,1-2H3;. The van der Waals surface area contributed by atoms with Gasteiger partial charge in [-0.25, -0.2) is 0 Å². The Morgan fingerprint density at radius 3 is 2.33 bits per heavy atom. The average Bonchev–Trinajstić information content (AvgIpc) is 2.10. The largest absolute Gasteiger partial charge is 0.463 e. The van der Waals surface area contributed by atoms with Gasteiger partial charge in [0.05, 0.1) is 6.61 Å². The van der Waals surface area contributed by atoms with Gasteiger partial charge in [-0.3, -0.25) is 9.59 Å². The minimum Gasteiger partial charge on any atom is -0.463 e. The maximum atomic E-state index is 10.8. The van der Waals surface area contributed by atoms with Crippen molar-refractivity contribution in [1.29, 1.82) is 0 Å². The van der Waals surface area contributed by atoms with E-state index in [-0.39, 0.29) is 45.0 Å². The second-order valence-corrected chi connectivity index (χ2v) is 3.07. The van der Waals surface area contributed by atoms with Crippen LogP contribution in [0.3, 0.4) is 0 Å². The molecule has 0 saturated heterocycles. The predicted molar refractivity (Wildman–Crippen MR) is 52.0 cm³/mol. The SMILES string of the molecule is CCCCOCCOC(=O)CC(C)=O.[Zr]. The van der Waals surface area contributed by atoms with E-state index in [0.717, 1.165) is 12.8 Å². The van der Waals surface area contributed by atoms with Crippen molar-refractivity contribution in [3.8, 4) is 0 Å². The number of carbonyl (C=O) groups is 2. The van der Waals surface area contributed by atoms with E-state index >= 15 is 0 Å². The molecule has 0 aromatic carbocycles. The second-order valence-electron chi connectivity index (χ2n) is 3.07. The number of rotatable bonds is 8. The second kappa shape index (κ2) is 12.1. The summed E-state index contributed by atoms with van der Waals surface area (Å²) in [5.41, 5.74) is 0. The molecule has 0 aromatic rings. The van der Waals surface area contributed by atoms with Crippen molar-refractivity contribution in [3.63, 3.8) is 0 Å². The number of carbonyl (C=O) groups excluding carboxylic acids is 2. The van der Waals surface area contributed by atoms with Crippen LogP contribution in [-0.2, 0) is 45.3 Å². The van der Waals surface area contributed by atoms with Crippen LogP contribution in [-0.4, -0.2) is 31.6 Å². The molecule has 0 N–H and O–H groups in total. The Balaban J connectivity index is 0. The summed E-state index contributed by atoms with van der Waals surface area (Å²) in [6.07, 6.45) is 1.96. The maximum Gasteiger partial charge on any atom is 0.313 e. The number of esters is 1. The van der Waals surface area contributed by atoms with Crippen LogP contribution in [0.2, 0.25) is 0 Å². The van der Waals surface area contributed by atoms with Crippen LogP contribution < -0.4 is 0 Å². The number of Topliss-reactive ketones (excluding diaryl/α,β-unsaturated/α-hetero) is 1. The van der Waals surface area contributed by atoms with Crippen LogP contribution in [0.1, 0.15) is 33.1 Å². The van der Waals surface area contributed by atoms with Gasteiger partial charge in [0.2, 0.25) is 0 Å². The Morgan fingerprint density at radius 1 is 1.13 bits per heavy atom. The van der Waals surface area contributed by atoms with E-state index in [1.807, 2.05) is 0 Å². The molecule has 0 aliphatic carbocycles. The van der Waals surface area contributed by atoms with Crippen LogP contribution in [0.25, 0.3) is 0 Å². The van der Waals surface area contributed by atoms with Gasteiger partial charge in [-0.05, 0) is 13.3 Å². The summed E-state index contributed by atoms with van der Waals surface area (Å²) in [6.45, 7) is 4.77. The molecule has 0 heterocycles. The molecule has 86 valence electrons. The minimum atomic E-state index is -0.475. The molecular weight excluding hydrogens is 275 g/mol. The number of hydrogen-bond donors (Lipinski definition) is 0. The smallest absolute Gasteiger partial charge is 0.313 e. The zero-order valence-electron chi connectivity index (χ0n) is 9.38. The first-order valence-electron chi connectivity index (χ1n) is 4.89. The van der Waals surface area contributed by atoms with E-state index < -0.39 is 5.97 Å². The fourth-order valence-corrected chi connectivity index (χ4v) is 0.817. The van der Waals surface area contributed by atoms with E-state index in [9.17, 15) is 9.59 Å². The summed E-state index contributed by atoms with van der Waals surface area (Å²) in [6, 6.07) is 0. The zero-order valence-corrected chi connectivity index (χ0v) is 11.8. The number of ether oxygens (including phenoxy) is 2. The topological polar surface area (TPSA) is 52.6 Å². The maximum absolute atomic E-state index is 10.8. The molecule has 0 amide bonds. The number of hydrogen-bond acceptors (Lipinski definition) is 4. The summed E-state index contributed by atoms with van der Waals surface area (Å²) in [4.78, 5) is 21.3. The van der Waals surface area contributed by atoms with Crippen LogP contribution >= 0.6 is 0 Å². The molecule has 0 rings (SSSR count). The Labute approximate surface area is 110 Å². The fourth-order valence-electron chi connectivity index (χ4n) is 0.817. The van der Waals surface area contributed by atoms with Gasteiger partial charge in [0.25, 0.3) is 0 Å².